The number of ether oxygens (including phenoxy) is 2. The van der Waals surface area contributed by atoms with Gasteiger partial charge in [-0.05, 0) is 12.1 Å². The first kappa shape index (κ1) is 13.2. The van der Waals surface area contributed by atoms with Crippen LogP contribution in [0.2, 0.25) is 5.02 Å². The average molecular weight is 262 g/mol. The number of esters is 1. The van der Waals surface area contributed by atoms with Crippen molar-refractivity contribution in [3.05, 3.63) is 28.3 Å². The van der Waals surface area contributed by atoms with Gasteiger partial charge in [0.05, 0.1) is 17.7 Å². The first-order valence-corrected chi connectivity index (χ1v) is 4.64. The van der Waals surface area contributed by atoms with Crippen molar-refractivity contribution in [3.63, 3.8) is 0 Å². The molecule has 0 spiro atoms. The zero-order valence-corrected chi connectivity index (χ0v) is 9.29. The van der Waals surface area contributed by atoms with Gasteiger partial charge in [-0.2, -0.15) is 14.0 Å². The molecular weight excluding hydrogens is 256 g/mol. The highest BCUT2D eigenvalue weighted by Crippen LogP contribution is 2.32. The van der Waals surface area contributed by atoms with Crippen LogP contribution in [0.5, 0.6) is 5.75 Å². The van der Waals surface area contributed by atoms with E-state index in [1.165, 1.54) is 12.1 Å². The van der Waals surface area contributed by atoms with Crippen LogP contribution in [0.15, 0.2) is 12.1 Å². The number of rotatable bonds is 3. The molecule has 0 unspecified atom stereocenters. The lowest BCUT2D eigenvalue weighted by Crippen LogP contribution is -2.09. The number of halogens is 3. The van der Waals surface area contributed by atoms with Crippen molar-refractivity contribution in [1.82, 2.24) is 0 Å². The van der Waals surface area contributed by atoms with Crippen LogP contribution in [0.3, 0.4) is 0 Å². The monoisotopic (exact) mass is 261 g/mol. The molecule has 0 radical (unpaired) electrons. The Morgan fingerprint density at radius 2 is 2.18 bits per heavy atom. The van der Waals surface area contributed by atoms with Gasteiger partial charge in [-0.25, -0.2) is 4.79 Å². The molecule has 0 aromatic heterocycles. The van der Waals surface area contributed by atoms with Crippen LogP contribution in [0.4, 0.5) is 8.78 Å². The summed E-state index contributed by atoms with van der Waals surface area (Å²) in [6.45, 7) is -3.15. The van der Waals surface area contributed by atoms with E-state index in [4.69, 9.17) is 16.9 Å². The molecule has 0 heterocycles. The fourth-order valence-electron chi connectivity index (χ4n) is 1.15. The Morgan fingerprint density at radius 3 is 2.65 bits per heavy atom. The van der Waals surface area contributed by atoms with Crippen LogP contribution in [-0.4, -0.2) is 19.7 Å². The van der Waals surface area contributed by atoms with Crippen LogP contribution in [0.1, 0.15) is 15.9 Å². The van der Waals surface area contributed by atoms with Crippen LogP contribution in [-0.2, 0) is 4.74 Å². The first-order valence-electron chi connectivity index (χ1n) is 4.27. The van der Waals surface area contributed by atoms with Crippen molar-refractivity contribution in [3.8, 4) is 11.8 Å². The Morgan fingerprint density at radius 1 is 1.53 bits per heavy atom. The summed E-state index contributed by atoms with van der Waals surface area (Å²) in [6, 6.07) is 3.95. The summed E-state index contributed by atoms with van der Waals surface area (Å²) in [5.74, 6) is -1.37. The largest absolute Gasteiger partial charge is 0.465 e. The molecule has 90 valence electrons. The lowest BCUT2D eigenvalue weighted by atomic mass is 10.1. The fourth-order valence-corrected chi connectivity index (χ4v) is 1.35. The Balaban J connectivity index is 3.37. The molecule has 0 aliphatic rings. The minimum absolute atomic E-state index is 0.185. The van der Waals surface area contributed by atoms with E-state index >= 15 is 0 Å². The molecule has 0 aliphatic carbocycles. The number of benzene rings is 1. The second-order valence-electron chi connectivity index (χ2n) is 2.78. The summed E-state index contributed by atoms with van der Waals surface area (Å²) in [5.41, 5.74) is -0.570. The first-order chi connectivity index (χ1) is 8.01. The van der Waals surface area contributed by atoms with Crippen molar-refractivity contribution in [2.75, 3.05) is 7.11 Å². The van der Waals surface area contributed by atoms with Gasteiger partial charge in [0.1, 0.15) is 11.6 Å². The standard InChI is InChI=1S/C10H6ClF2NO3/c1-16-9(15)5-2-3-7(11)8(6(5)4-14)17-10(12)13/h2-3,10H,1H3. The van der Waals surface area contributed by atoms with E-state index in [0.29, 0.717) is 0 Å². The summed E-state index contributed by atoms with van der Waals surface area (Å²) < 4.78 is 32.8. The average Bonchev–Trinajstić information content (AvgIpc) is 2.30. The highest BCUT2D eigenvalue weighted by Gasteiger charge is 2.21. The molecule has 0 amide bonds. The molecule has 1 aromatic carbocycles. The third kappa shape index (κ3) is 2.82. The zero-order chi connectivity index (χ0) is 13.0. The highest BCUT2D eigenvalue weighted by molar-refractivity contribution is 6.32. The fraction of sp³-hybridized carbons (Fsp3) is 0.200. The van der Waals surface area contributed by atoms with Crippen LogP contribution in [0.25, 0.3) is 0 Å². The molecule has 7 heteroatoms. The summed E-state index contributed by atoms with van der Waals surface area (Å²) in [6.07, 6.45) is 0. The SMILES string of the molecule is COC(=O)c1ccc(Cl)c(OC(F)F)c1C#N. The third-order valence-corrected chi connectivity index (χ3v) is 2.13. The van der Waals surface area contributed by atoms with Gasteiger partial charge in [0, 0.05) is 0 Å². The molecule has 17 heavy (non-hydrogen) atoms. The molecule has 0 atom stereocenters. The van der Waals surface area contributed by atoms with Crippen LogP contribution >= 0.6 is 11.6 Å². The van der Waals surface area contributed by atoms with Crippen molar-refractivity contribution in [2.24, 2.45) is 0 Å². The minimum atomic E-state index is -3.15. The predicted octanol–water partition coefficient (Wildman–Crippen LogP) is 2.60. The smallest absolute Gasteiger partial charge is 0.387 e. The van der Waals surface area contributed by atoms with Gasteiger partial charge >= 0.3 is 12.6 Å². The zero-order valence-electron chi connectivity index (χ0n) is 8.54. The van der Waals surface area contributed by atoms with E-state index in [1.807, 2.05) is 0 Å². The van der Waals surface area contributed by atoms with Gasteiger partial charge in [-0.1, -0.05) is 11.6 Å². The summed E-state index contributed by atoms with van der Waals surface area (Å²) in [4.78, 5) is 11.3. The second kappa shape index (κ2) is 5.46. The molecular formula is C10H6ClF2NO3. The normalized spacial score (nSPS) is 9.88. The quantitative estimate of drug-likeness (QED) is 0.785. The maximum Gasteiger partial charge on any atom is 0.387 e. The number of hydrogen-bond donors (Lipinski definition) is 0. The Labute approximate surface area is 100 Å². The highest BCUT2D eigenvalue weighted by atomic mass is 35.5. The van der Waals surface area contributed by atoms with Gasteiger partial charge in [-0.15, -0.1) is 0 Å². The predicted molar refractivity (Wildman–Crippen MR) is 54.1 cm³/mol. The summed E-state index contributed by atoms with van der Waals surface area (Å²) in [5, 5.41) is 8.65. The van der Waals surface area contributed by atoms with Crippen molar-refractivity contribution < 1.29 is 23.0 Å². The third-order valence-electron chi connectivity index (χ3n) is 1.83. The number of nitriles is 1. The molecule has 4 nitrogen and oxygen atoms in total. The van der Waals surface area contributed by atoms with Gasteiger partial charge in [0.25, 0.3) is 0 Å². The molecule has 0 bridgehead atoms. The topological polar surface area (TPSA) is 59.3 Å². The number of carbonyl (C=O) groups excluding carboxylic acids is 1. The molecule has 0 fully saturated rings. The van der Waals surface area contributed by atoms with Crippen molar-refractivity contribution in [1.29, 1.82) is 5.26 Å². The van der Waals surface area contributed by atoms with Crippen molar-refractivity contribution in [2.45, 2.75) is 6.61 Å². The lowest BCUT2D eigenvalue weighted by molar-refractivity contribution is -0.0500. The molecule has 1 aromatic rings. The Bertz CT molecular complexity index is 485. The number of methoxy groups -OCH3 is 1. The summed E-state index contributed by atoms with van der Waals surface area (Å²) in [7, 11) is 1.10. The number of hydrogen-bond acceptors (Lipinski definition) is 4. The molecule has 1 rings (SSSR count). The number of alkyl halides is 2. The van der Waals surface area contributed by atoms with Gasteiger partial charge in [-0.3, -0.25) is 0 Å². The molecule has 0 N–H and O–H groups in total. The second-order valence-corrected chi connectivity index (χ2v) is 3.19. The lowest BCUT2D eigenvalue weighted by Gasteiger charge is -2.10. The Kier molecular flexibility index (Phi) is 4.24. The van der Waals surface area contributed by atoms with E-state index in [1.54, 1.807) is 6.07 Å². The molecule has 0 saturated carbocycles. The maximum atomic E-state index is 12.1. The molecule has 0 aliphatic heterocycles. The minimum Gasteiger partial charge on any atom is -0.465 e. The number of carbonyl (C=O) groups is 1. The maximum absolute atomic E-state index is 12.1. The summed E-state index contributed by atoms with van der Waals surface area (Å²) >= 11 is 5.61. The van der Waals surface area contributed by atoms with E-state index in [2.05, 4.69) is 9.47 Å². The van der Waals surface area contributed by atoms with E-state index in [0.717, 1.165) is 7.11 Å². The van der Waals surface area contributed by atoms with Crippen LogP contribution in [0, 0.1) is 11.3 Å². The number of nitrogens with zero attached hydrogens (tertiary/aromatic N) is 1. The van der Waals surface area contributed by atoms with Gasteiger partial charge in [0.2, 0.25) is 0 Å². The van der Waals surface area contributed by atoms with Crippen LogP contribution < -0.4 is 4.74 Å². The van der Waals surface area contributed by atoms with E-state index < -0.39 is 18.3 Å². The van der Waals surface area contributed by atoms with Gasteiger partial charge in [0.15, 0.2) is 5.75 Å². The van der Waals surface area contributed by atoms with Crippen molar-refractivity contribution >= 4 is 17.6 Å². The molecule has 0 saturated heterocycles. The van der Waals surface area contributed by atoms with E-state index in [9.17, 15) is 13.6 Å². The Hall–Kier alpha value is -1.87. The van der Waals surface area contributed by atoms with Gasteiger partial charge < -0.3 is 9.47 Å². The van der Waals surface area contributed by atoms with E-state index in [-0.39, 0.29) is 16.1 Å².